The van der Waals surface area contributed by atoms with E-state index in [1.54, 1.807) is 0 Å². The Labute approximate surface area is 116 Å². The highest BCUT2D eigenvalue weighted by molar-refractivity contribution is 6.39. The number of carbonyl (C=O) groups is 1. The molecule has 0 saturated heterocycles. The monoisotopic (exact) mass is 292 g/mol. The van der Waals surface area contributed by atoms with Crippen LogP contribution in [0, 0.1) is 5.82 Å². The van der Waals surface area contributed by atoms with Crippen LogP contribution in [0.3, 0.4) is 0 Å². The van der Waals surface area contributed by atoms with Crippen LogP contribution < -0.4 is 10.6 Å². The van der Waals surface area contributed by atoms with Crippen molar-refractivity contribution in [2.45, 2.75) is 26.3 Å². The maximum atomic E-state index is 13.0. The minimum absolute atomic E-state index is 0.0732. The lowest BCUT2D eigenvalue weighted by Crippen LogP contribution is -2.41. The molecule has 0 unspecified atom stereocenters. The van der Waals surface area contributed by atoms with Crippen LogP contribution in [0.2, 0.25) is 10.0 Å². The summed E-state index contributed by atoms with van der Waals surface area (Å²) < 4.78 is 13.0. The van der Waals surface area contributed by atoms with Gasteiger partial charge in [0, 0.05) is 5.54 Å². The van der Waals surface area contributed by atoms with Gasteiger partial charge in [-0.15, -0.1) is 0 Å². The van der Waals surface area contributed by atoms with Crippen LogP contribution in [0.5, 0.6) is 0 Å². The highest BCUT2D eigenvalue weighted by atomic mass is 35.5. The molecular weight excluding hydrogens is 278 g/mol. The van der Waals surface area contributed by atoms with Crippen molar-refractivity contribution in [2.75, 3.05) is 11.9 Å². The van der Waals surface area contributed by atoms with E-state index < -0.39 is 5.82 Å². The summed E-state index contributed by atoms with van der Waals surface area (Å²) in [6.07, 6.45) is 0. The molecule has 0 bridgehead atoms. The van der Waals surface area contributed by atoms with Gasteiger partial charge in [-0.05, 0) is 32.9 Å². The number of anilines is 1. The first kappa shape index (κ1) is 15.2. The zero-order valence-corrected chi connectivity index (χ0v) is 11.9. The van der Waals surface area contributed by atoms with Crippen molar-refractivity contribution in [2.24, 2.45) is 0 Å². The zero-order valence-electron chi connectivity index (χ0n) is 10.4. The van der Waals surface area contributed by atoms with Crippen molar-refractivity contribution in [3.63, 3.8) is 0 Å². The molecule has 0 aliphatic carbocycles. The summed E-state index contributed by atoms with van der Waals surface area (Å²) in [7, 11) is 0. The third kappa shape index (κ3) is 4.80. The second-order valence-corrected chi connectivity index (χ2v) is 5.71. The normalized spacial score (nSPS) is 11.4. The van der Waals surface area contributed by atoms with Crippen molar-refractivity contribution in [1.29, 1.82) is 0 Å². The number of hydrogen-bond donors (Lipinski definition) is 2. The quantitative estimate of drug-likeness (QED) is 0.896. The molecule has 1 rings (SSSR count). The van der Waals surface area contributed by atoms with Crippen LogP contribution >= 0.6 is 23.2 Å². The third-order valence-corrected chi connectivity index (χ3v) is 2.65. The number of benzene rings is 1. The molecule has 18 heavy (non-hydrogen) atoms. The van der Waals surface area contributed by atoms with Gasteiger partial charge in [0.1, 0.15) is 5.82 Å². The van der Waals surface area contributed by atoms with Crippen molar-refractivity contribution in [3.05, 3.63) is 28.0 Å². The fraction of sp³-hybridized carbons (Fsp3) is 0.417. The van der Waals surface area contributed by atoms with Crippen molar-refractivity contribution >= 4 is 34.8 Å². The molecule has 6 heteroatoms. The average molecular weight is 293 g/mol. The fourth-order valence-electron chi connectivity index (χ4n) is 1.19. The molecule has 0 radical (unpaired) electrons. The van der Waals surface area contributed by atoms with Crippen LogP contribution in [0.25, 0.3) is 0 Å². The zero-order chi connectivity index (χ0) is 13.9. The Morgan fingerprint density at radius 3 is 2.22 bits per heavy atom. The molecule has 0 aromatic heterocycles. The van der Waals surface area contributed by atoms with E-state index in [0.717, 1.165) is 12.1 Å². The van der Waals surface area contributed by atoms with Crippen LogP contribution in [0.15, 0.2) is 12.1 Å². The van der Waals surface area contributed by atoms with Gasteiger partial charge in [0.15, 0.2) is 0 Å². The Morgan fingerprint density at radius 1 is 1.28 bits per heavy atom. The van der Waals surface area contributed by atoms with E-state index in [1.165, 1.54) is 0 Å². The summed E-state index contributed by atoms with van der Waals surface area (Å²) in [5.41, 5.74) is 0.0497. The third-order valence-electron chi connectivity index (χ3n) is 2.05. The van der Waals surface area contributed by atoms with Crippen molar-refractivity contribution in [1.82, 2.24) is 5.32 Å². The Hall–Kier alpha value is -0.840. The summed E-state index contributed by atoms with van der Waals surface area (Å²) in [5, 5.41) is 5.71. The highest BCUT2D eigenvalue weighted by Crippen LogP contribution is 2.31. The van der Waals surface area contributed by atoms with Gasteiger partial charge in [-0.2, -0.15) is 0 Å². The molecule has 1 aromatic rings. The van der Waals surface area contributed by atoms with Gasteiger partial charge in [-0.1, -0.05) is 23.2 Å². The first-order valence-electron chi connectivity index (χ1n) is 5.38. The molecule has 3 nitrogen and oxygen atoms in total. The SMILES string of the molecule is CC(C)(C)NCC(=O)Nc1c(Cl)cc(F)cc1Cl. The Morgan fingerprint density at radius 2 is 1.78 bits per heavy atom. The molecule has 0 spiro atoms. The molecule has 100 valence electrons. The smallest absolute Gasteiger partial charge is 0.238 e. The Balaban J connectivity index is 2.71. The first-order valence-corrected chi connectivity index (χ1v) is 6.14. The first-order chi connectivity index (χ1) is 8.19. The summed E-state index contributed by atoms with van der Waals surface area (Å²) in [6, 6.07) is 2.19. The Bertz CT molecular complexity index is 435. The summed E-state index contributed by atoms with van der Waals surface area (Å²) >= 11 is 11.6. The van der Waals surface area contributed by atoms with E-state index in [1.807, 2.05) is 20.8 Å². The number of halogens is 3. The average Bonchev–Trinajstić information content (AvgIpc) is 2.19. The summed E-state index contributed by atoms with van der Waals surface area (Å²) in [6.45, 7) is 5.95. The lowest BCUT2D eigenvalue weighted by atomic mass is 10.1. The van der Waals surface area contributed by atoms with Crippen LogP contribution in [0.1, 0.15) is 20.8 Å². The van der Waals surface area contributed by atoms with Crippen LogP contribution in [0.4, 0.5) is 10.1 Å². The largest absolute Gasteiger partial charge is 0.322 e. The van der Waals surface area contributed by atoms with Gasteiger partial charge in [0.2, 0.25) is 5.91 Å². The van der Waals surface area contributed by atoms with Crippen molar-refractivity contribution in [3.8, 4) is 0 Å². The van der Waals surface area contributed by atoms with E-state index in [2.05, 4.69) is 10.6 Å². The van der Waals surface area contributed by atoms with E-state index in [9.17, 15) is 9.18 Å². The molecule has 2 N–H and O–H groups in total. The van der Waals surface area contributed by atoms with E-state index in [-0.39, 0.29) is 33.7 Å². The minimum Gasteiger partial charge on any atom is -0.322 e. The highest BCUT2D eigenvalue weighted by Gasteiger charge is 2.14. The van der Waals surface area contributed by atoms with Crippen molar-refractivity contribution < 1.29 is 9.18 Å². The van der Waals surface area contributed by atoms with Gasteiger partial charge < -0.3 is 10.6 Å². The number of rotatable bonds is 3. The van der Waals surface area contributed by atoms with Gasteiger partial charge in [-0.3, -0.25) is 4.79 Å². The molecule has 0 fully saturated rings. The maximum Gasteiger partial charge on any atom is 0.238 e. The molecule has 0 saturated carbocycles. The van der Waals surface area contributed by atoms with E-state index in [0.29, 0.717) is 0 Å². The maximum absolute atomic E-state index is 13.0. The van der Waals surface area contributed by atoms with Crippen LogP contribution in [-0.4, -0.2) is 18.0 Å². The molecule has 1 amide bonds. The van der Waals surface area contributed by atoms with E-state index >= 15 is 0 Å². The van der Waals surface area contributed by atoms with E-state index in [4.69, 9.17) is 23.2 Å². The molecular formula is C12H15Cl2FN2O. The second kappa shape index (κ2) is 5.87. The molecule has 0 atom stereocenters. The van der Waals surface area contributed by atoms with Gasteiger partial charge in [0.05, 0.1) is 22.3 Å². The topological polar surface area (TPSA) is 41.1 Å². The molecule has 0 aliphatic heterocycles. The summed E-state index contributed by atoms with van der Waals surface area (Å²) in [5.74, 6) is -0.837. The number of nitrogens with one attached hydrogen (secondary N) is 2. The Kier molecular flexibility index (Phi) is 4.96. The summed E-state index contributed by atoms with van der Waals surface area (Å²) in [4.78, 5) is 11.7. The number of amides is 1. The lowest BCUT2D eigenvalue weighted by Gasteiger charge is -2.20. The standard InChI is InChI=1S/C12H15Cl2FN2O/c1-12(2,3)16-6-10(18)17-11-8(13)4-7(15)5-9(11)14/h4-5,16H,6H2,1-3H3,(H,17,18). The minimum atomic E-state index is -0.546. The number of hydrogen-bond acceptors (Lipinski definition) is 2. The molecule has 0 heterocycles. The molecule has 0 aliphatic rings. The predicted octanol–water partition coefficient (Wildman–Crippen LogP) is 3.46. The van der Waals surface area contributed by atoms with Gasteiger partial charge >= 0.3 is 0 Å². The molecule has 1 aromatic carbocycles. The van der Waals surface area contributed by atoms with Gasteiger partial charge in [0.25, 0.3) is 0 Å². The predicted molar refractivity (Wildman–Crippen MR) is 72.8 cm³/mol. The van der Waals surface area contributed by atoms with Crippen LogP contribution in [-0.2, 0) is 4.79 Å². The van der Waals surface area contributed by atoms with Gasteiger partial charge in [-0.25, -0.2) is 4.39 Å². The second-order valence-electron chi connectivity index (χ2n) is 4.90. The fourth-order valence-corrected chi connectivity index (χ4v) is 1.75. The number of carbonyl (C=O) groups excluding carboxylic acids is 1. The lowest BCUT2D eigenvalue weighted by molar-refractivity contribution is -0.115.